The lowest BCUT2D eigenvalue weighted by molar-refractivity contribution is 0.0681. The molecule has 0 saturated carbocycles. The molecule has 24 heavy (non-hydrogen) atoms. The number of benzene rings is 1. The highest BCUT2D eigenvalue weighted by molar-refractivity contribution is 5.94. The van der Waals surface area contributed by atoms with Crippen LogP contribution in [0.25, 0.3) is 5.69 Å². The number of tetrazole rings is 1. The number of nitrogens with zero attached hydrogens (tertiary/aromatic N) is 5. The number of carbonyl (C=O) groups is 1. The Kier molecular flexibility index (Phi) is 4.82. The van der Waals surface area contributed by atoms with Crippen molar-refractivity contribution >= 4 is 18.3 Å². The fourth-order valence-corrected chi connectivity index (χ4v) is 3.77. The maximum Gasteiger partial charge on any atom is 0.253 e. The van der Waals surface area contributed by atoms with Crippen LogP contribution >= 0.6 is 12.4 Å². The van der Waals surface area contributed by atoms with Gasteiger partial charge in [0.25, 0.3) is 5.91 Å². The van der Waals surface area contributed by atoms with Crippen LogP contribution in [0.15, 0.2) is 30.6 Å². The van der Waals surface area contributed by atoms with Gasteiger partial charge in [0, 0.05) is 30.7 Å². The number of carbonyl (C=O) groups excluding carboxylic acids is 1. The smallest absolute Gasteiger partial charge is 0.253 e. The van der Waals surface area contributed by atoms with E-state index < -0.39 is 0 Å². The fourth-order valence-electron chi connectivity index (χ4n) is 3.77. The largest absolute Gasteiger partial charge is 0.339 e. The Morgan fingerprint density at radius 1 is 1.29 bits per heavy atom. The molecular weight excluding hydrogens is 328 g/mol. The maximum absolute atomic E-state index is 12.8. The van der Waals surface area contributed by atoms with Crippen molar-refractivity contribution in [2.24, 2.45) is 0 Å². The molecule has 128 valence electrons. The van der Waals surface area contributed by atoms with Crippen LogP contribution in [0.2, 0.25) is 0 Å². The zero-order valence-corrected chi connectivity index (χ0v) is 14.3. The second-order valence-electron chi connectivity index (χ2n) is 6.48. The number of nitrogens with one attached hydrogen (secondary N) is 1. The Morgan fingerprint density at radius 2 is 2.04 bits per heavy atom. The molecule has 1 amide bonds. The molecule has 1 N–H and O–H groups in total. The molecule has 7 nitrogen and oxygen atoms in total. The SMILES string of the molecule is CN(C(=O)c1cccc(-n2cnnn2)c1)C1CC2CCC(C1)N2.Cl. The van der Waals surface area contributed by atoms with Gasteiger partial charge in [0.2, 0.25) is 0 Å². The third kappa shape index (κ3) is 3.14. The van der Waals surface area contributed by atoms with Crippen LogP contribution in [-0.2, 0) is 0 Å². The first-order valence-electron chi connectivity index (χ1n) is 8.07. The monoisotopic (exact) mass is 348 g/mol. The van der Waals surface area contributed by atoms with Crippen LogP contribution in [-0.4, -0.2) is 56.2 Å². The molecule has 8 heteroatoms. The van der Waals surface area contributed by atoms with Crippen molar-refractivity contribution in [3.05, 3.63) is 36.2 Å². The van der Waals surface area contributed by atoms with Crippen LogP contribution in [0.5, 0.6) is 0 Å². The first kappa shape index (κ1) is 16.9. The van der Waals surface area contributed by atoms with Crippen LogP contribution < -0.4 is 5.32 Å². The molecule has 2 aromatic rings. The van der Waals surface area contributed by atoms with E-state index in [1.165, 1.54) is 19.2 Å². The number of halogens is 1. The number of rotatable bonds is 3. The highest BCUT2D eigenvalue weighted by Gasteiger charge is 2.36. The van der Waals surface area contributed by atoms with Gasteiger partial charge in [-0.15, -0.1) is 17.5 Å². The summed E-state index contributed by atoms with van der Waals surface area (Å²) in [6, 6.07) is 8.90. The summed E-state index contributed by atoms with van der Waals surface area (Å²) in [7, 11) is 1.92. The summed E-state index contributed by atoms with van der Waals surface area (Å²) in [6.07, 6.45) is 6.09. The van der Waals surface area contributed by atoms with E-state index in [-0.39, 0.29) is 18.3 Å². The van der Waals surface area contributed by atoms with E-state index in [0.29, 0.717) is 23.7 Å². The first-order valence-corrected chi connectivity index (χ1v) is 8.07. The van der Waals surface area contributed by atoms with Crippen molar-refractivity contribution in [2.45, 2.75) is 43.8 Å². The van der Waals surface area contributed by atoms with E-state index in [0.717, 1.165) is 18.5 Å². The second-order valence-corrected chi connectivity index (χ2v) is 6.48. The van der Waals surface area contributed by atoms with Gasteiger partial charge < -0.3 is 10.2 Å². The standard InChI is InChI=1S/C16H20N6O.ClH/c1-21(15-8-12-5-6-13(9-15)18-12)16(23)11-3-2-4-14(7-11)22-10-17-19-20-22;/h2-4,7,10,12-13,15,18H,5-6,8-9H2,1H3;1H. The topological polar surface area (TPSA) is 75.9 Å². The van der Waals surface area contributed by atoms with E-state index in [9.17, 15) is 4.79 Å². The average molecular weight is 349 g/mol. The summed E-state index contributed by atoms with van der Waals surface area (Å²) >= 11 is 0. The molecule has 0 radical (unpaired) electrons. The van der Waals surface area contributed by atoms with Gasteiger partial charge in [-0.1, -0.05) is 6.07 Å². The van der Waals surface area contributed by atoms with Crippen molar-refractivity contribution in [1.82, 2.24) is 30.4 Å². The summed E-state index contributed by atoms with van der Waals surface area (Å²) in [5.41, 5.74) is 1.46. The summed E-state index contributed by atoms with van der Waals surface area (Å²) in [4.78, 5) is 14.8. The van der Waals surface area contributed by atoms with Gasteiger partial charge >= 0.3 is 0 Å². The minimum atomic E-state index is 0. The zero-order chi connectivity index (χ0) is 15.8. The average Bonchev–Trinajstić information content (AvgIpc) is 3.23. The summed E-state index contributed by atoms with van der Waals surface area (Å²) in [5, 5.41) is 14.8. The van der Waals surface area contributed by atoms with E-state index in [2.05, 4.69) is 20.8 Å². The van der Waals surface area contributed by atoms with Gasteiger partial charge in [-0.05, 0) is 54.3 Å². The lowest BCUT2D eigenvalue weighted by Gasteiger charge is -2.35. The molecule has 3 heterocycles. The Morgan fingerprint density at radius 3 is 2.71 bits per heavy atom. The number of hydrogen-bond donors (Lipinski definition) is 1. The Balaban J connectivity index is 0.00000169. The number of fused-ring (bicyclic) bond motifs is 2. The third-order valence-electron chi connectivity index (χ3n) is 5.02. The van der Waals surface area contributed by atoms with Gasteiger partial charge in [-0.3, -0.25) is 4.79 Å². The number of amides is 1. The van der Waals surface area contributed by atoms with Crippen molar-refractivity contribution in [3.63, 3.8) is 0 Å². The Labute approximate surface area is 146 Å². The van der Waals surface area contributed by atoms with E-state index in [1.807, 2.05) is 36.2 Å². The highest BCUT2D eigenvalue weighted by atomic mass is 35.5. The normalized spacial score (nSPS) is 25.1. The molecule has 0 aliphatic carbocycles. The predicted octanol–water partition coefficient (Wildman–Crippen LogP) is 1.44. The van der Waals surface area contributed by atoms with Gasteiger partial charge in [0.15, 0.2) is 0 Å². The van der Waals surface area contributed by atoms with Crippen molar-refractivity contribution in [3.8, 4) is 5.69 Å². The quantitative estimate of drug-likeness (QED) is 0.908. The summed E-state index contributed by atoms with van der Waals surface area (Å²) in [5.74, 6) is 0.0613. The van der Waals surface area contributed by atoms with Crippen molar-refractivity contribution in [2.75, 3.05) is 7.05 Å². The van der Waals surface area contributed by atoms with Crippen LogP contribution in [0.4, 0.5) is 0 Å². The van der Waals surface area contributed by atoms with Crippen molar-refractivity contribution < 1.29 is 4.79 Å². The molecular formula is C16H21ClN6O. The van der Waals surface area contributed by atoms with Gasteiger partial charge in [0.1, 0.15) is 6.33 Å². The maximum atomic E-state index is 12.8. The summed E-state index contributed by atoms with van der Waals surface area (Å²) < 4.78 is 1.56. The van der Waals surface area contributed by atoms with Crippen LogP contribution in [0.1, 0.15) is 36.0 Å². The number of piperidine rings is 1. The molecule has 2 aliphatic rings. The predicted molar refractivity (Wildman–Crippen MR) is 91.5 cm³/mol. The molecule has 1 aromatic carbocycles. The van der Waals surface area contributed by atoms with Gasteiger partial charge in [0.05, 0.1) is 5.69 Å². The molecule has 4 rings (SSSR count). The van der Waals surface area contributed by atoms with Crippen LogP contribution in [0, 0.1) is 0 Å². The minimum Gasteiger partial charge on any atom is -0.339 e. The molecule has 2 aliphatic heterocycles. The van der Waals surface area contributed by atoms with E-state index in [1.54, 1.807) is 4.68 Å². The zero-order valence-electron chi connectivity index (χ0n) is 13.5. The summed E-state index contributed by atoms with van der Waals surface area (Å²) in [6.45, 7) is 0. The lowest BCUT2D eigenvalue weighted by Crippen LogP contribution is -2.48. The molecule has 2 unspecified atom stereocenters. The van der Waals surface area contributed by atoms with Crippen LogP contribution in [0.3, 0.4) is 0 Å². The fraction of sp³-hybridized carbons (Fsp3) is 0.500. The Hall–Kier alpha value is -1.99. The highest BCUT2D eigenvalue weighted by Crippen LogP contribution is 2.29. The molecule has 2 atom stereocenters. The second kappa shape index (κ2) is 6.86. The molecule has 2 saturated heterocycles. The van der Waals surface area contributed by atoms with E-state index >= 15 is 0 Å². The Bertz CT molecular complexity index is 694. The molecule has 2 bridgehead atoms. The molecule has 2 fully saturated rings. The number of hydrogen-bond acceptors (Lipinski definition) is 5. The number of aromatic nitrogens is 4. The van der Waals surface area contributed by atoms with Gasteiger partial charge in [-0.25, -0.2) is 4.68 Å². The van der Waals surface area contributed by atoms with E-state index in [4.69, 9.17) is 0 Å². The molecule has 0 spiro atoms. The third-order valence-corrected chi connectivity index (χ3v) is 5.02. The van der Waals surface area contributed by atoms with Gasteiger partial charge in [-0.2, -0.15) is 0 Å². The molecule has 1 aromatic heterocycles. The lowest BCUT2D eigenvalue weighted by atomic mass is 9.98. The minimum absolute atomic E-state index is 0. The first-order chi connectivity index (χ1) is 11.2. The van der Waals surface area contributed by atoms with Crippen molar-refractivity contribution in [1.29, 1.82) is 0 Å².